The lowest BCUT2D eigenvalue weighted by molar-refractivity contribution is 0.411. The summed E-state index contributed by atoms with van der Waals surface area (Å²) in [5.41, 5.74) is 2.21. The molecule has 7 nitrogen and oxygen atoms in total. The first-order valence-corrected chi connectivity index (χ1v) is 11.9. The summed E-state index contributed by atoms with van der Waals surface area (Å²) in [5.74, 6) is 0.588. The van der Waals surface area contributed by atoms with Gasteiger partial charge in [0.2, 0.25) is 0 Å². The molecule has 0 atom stereocenters. The van der Waals surface area contributed by atoms with Gasteiger partial charge in [0.25, 0.3) is 20.0 Å². The second-order valence-electron chi connectivity index (χ2n) is 6.68. The highest BCUT2D eigenvalue weighted by atomic mass is 32.2. The Balaban J connectivity index is 1.80. The van der Waals surface area contributed by atoms with Crippen molar-refractivity contribution in [1.29, 1.82) is 0 Å². The summed E-state index contributed by atoms with van der Waals surface area (Å²) in [6.07, 6.45) is 0. The summed E-state index contributed by atoms with van der Waals surface area (Å²) in [6.45, 7) is 3.55. The number of sulfonamides is 2. The first kappa shape index (κ1) is 21.7. The minimum Gasteiger partial charge on any atom is -0.496 e. The number of methoxy groups -OCH3 is 1. The van der Waals surface area contributed by atoms with E-state index >= 15 is 0 Å². The molecule has 3 aromatic carbocycles. The van der Waals surface area contributed by atoms with Crippen LogP contribution in [0, 0.1) is 13.8 Å². The van der Waals surface area contributed by atoms with Gasteiger partial charge in [0.1, 0.15) is 5.75 Å². The topological polar surface area (TPSA) is 102 Å². The number of hydrogen-bond acceptors (Lipinski definition) is 5. The Labute approximate surface area is 176 Å². The van der Waals surface area contributed by atoms with E-state index in [1.807, 2.05) is 6.07 Å². The van der Waals surface area contributed by atoms with E-state index in [4.69, 9.17) is 4.74 Å². The van der Waals surface area contributed by atoms with Crippen LogP contribution in [0.3, 0.4) is 0 Å². The maximum absolute atomic E-state index is 12.6. The molecule has 0 radical (unpaired) electrons. The van der Waals surface area contributed by atoms with E-state index in [1.165, 1.54) is 43.5 Å². The molecule has 9 heteroatoms. The largest absolute Gasteiger partial charge is 0.496 e. The maximum atomic E-state index is 12.6. The number of nitrogens with one attached hydrogen (secondary N) is 2. The van der Waals surface area contributed by atoms with Crippen LogP contribution < -0.4 is 14.2 Å². The summed E-state index contributed by atoms with van der Waals surface area (Å²) in [6, 6.07) is 17.1. The monoisotopic (exact) mass is 446 g/mol. The van der Waals surface area contributed by atoms with Gasteiger partial charge in [0, 0.05) is 5.69 Å². The summed E-state index contributed by atoms with van der Waals surface area (Å²) < 4.78 is 60.6. The van der Waals surface area contributed by atoms with E-state index in [0.717, 1.165) is 5.56 Å². The molecule has 0 aliphatic rings. The van der Waals surface area contributed by atoms with Gasteiger partial charge >= 0.3 is 0 Å². The summed E-state index contributed by atoms with van der Waals surface area (Å²) in [7, 11) is -6.12. The molecular weight excluding hydrogens is 424 g/mol. The molecule has 0 saturated carbocycles. The van der Waals surface area contributed by atoms with E-state index in [-0.39, 0.29) is 15.5 Å². The van der Waals surface area contributed by atoms with Crippen LogP contribution in [0.2, 0.25) is 0 Å². The molecule has 3 aromatic rings. The zero-order valence-electron chi connectivity index (χ0n) is 16.7. The van der Waals surface area contributed by atoms with Gasteiger partial charge in [-0.1, -0.05) is 18.2 Å². The highest BCUT2D eigenvalue weighted by molar-refractivity contribution is 7.93. The second-order valence-corrected chi connectivity index (χ2v) is 10.0. The Bertz CT molecular complexity index is 1270. The van der Waals surface area contributed by atoms with Crippen molar-refractivity contribution < 1.29 is 21.6 Å². The predicted octanol–water partition coefficient (Wildman–Crippen LogP) is 3.91. The molecule has 3 rings (SSSR count). The zero-order valence-corrected chi connectivity index (χ0v) is 18.3. The van der Waals surface area contributed by atoms with Crippen LogP contribution in [0.15, 0.2) is 76.5 Å². The number of hydrogen-bond donors (Lipinski definition) is 2. The first-order valence-electron chi connectivity index (χ1n) is 8.98. The lowest BCUT2D eigenvalue weighted by atomic mass is 10.2. The Morgan fingerprint density at radius 1 is 0.700 bits per heavy atom. The van der Waals surface area contributed by atoms with Gasteiger partial charge in [-0.2, -0.15) is 0 Å². The molecule has 0 aliphatic heterocycles. The Morgan fingerprint density at radius 3 is 1.90 bits per heavy atom. The number of benzene rings is 3. The molecule has 0 amide bonds. The number of aryl methyl sites for hydroxylation is 2. The van der Waals surface area contributed by atoms with E-state index in [0.29, 0.717) is 17.0 Å². The fourth-order valence-electron chi connectivity index (χ4n) is 2.83. The smallest absolute Gasteiger partial charge is 0.261 e. The molecule has 2 N–H and O–H groups in total. The van der Waals surface area contributed by atoms with E-state index < -0.39 is 20.0 Å². The van der Waals surface area contributed by atoms with Crippen molar-refractivity contribution in [2.75, 3.05) is 16.6 Å². The molecule has 0 spiro atoms. The number of ether oxygens (including phenoxy) is 1. The standard InChI is InChI=1S/C21H22N2O5S2/c1-15-6-4-5-7-20(15)23-29(24,25)18-10-8-17(9-11-18)22-30(26,27)19-12-13-21(28-3)16(2)14-19/h4-14,22-23H,1-3H3. The van der Waals surface area contributed by atoms with E-state index in [9.17, 15) is 16.8 Å². The first-order chi connectivity index (χ1) is 14.1. The van der Waals surface area contributed by atoms with Crippen molar-refractivity contribution in [1.82, 2.24) is 0 Å². The fraction of sp³-hybridized carbons (Fsp3) is 0.143. The molecule has 0 fully saturated rings. The third kappa shape index (κ3) is 4.74. The maximum Gasteiger partial charge on any atom is 0.261 e. The Kier molecular flexibility index (Phi) is 6.04. The predicted molar refractivity (Wildman–Crippen MR) is 117 cm³/mol. The van der Waals surface area contributed by atoms with Crippen LogP contribution in [0.4, 0.5) is 11.4 Å². The van der Waals surface area contributed by atoms with Crippen LogP contribution in [-0.2, 0) is 20.0 Å². The van der Waals surface area contributed by atoms with Crippen LogP contribution in [-0.4, -0.2) is 23.9 Å². The van der Waals surface area contributed by atoms with Crippen LogP contribution >= 0.6 is 0 Å². The highest BCUT2D eigenvalue weighted by Gasteiger charge is 2.18. The second kappa shape index (κ2) is 8.37. The molecule has 0 aliphatic carbocycles. The van der Waals surface area contributed by atoms with Gasteiger partial charge in [0.05, 0.1) is 22.6 Å². The molecule has 158 valence electrons. The molecular formula is C21H22N2O5S2. The van der Waals surface area contributed by atoms with Crippen molar-refractivity contribution in [2.45, 2.75) is 23.6 Å². The Morgan fingerprint density at radius 2 is 1.30 bits per heavy atom. The minimum absolute atomic E-state index is 0.0222. The third-order valence-electron chi connectivity index (χ3n) is 4.48. The molecule has 0 bridgehead atoms. The van der Waals surface area contributed by atoms with Crippen LogP contribution in [0.1, 0.15) is 11.1 Å². The van der Waals surface area contributed by atoms with Gasteiger partial charge in [-0.15, -0.1) is 0 Å². The molecule has 0 unspecified atom stereocenters. The van der Waals surface area contributed by atoms with E-state index in [2.05, 4.69) is 9.44 Å². The number of rotatable bonds is 7. The molecule has 0 saturated heterocycles. The van der Waals surface area contributed by atoms with Crippen LogP contribution in [0.5, 0.6) is 5.75 Å². The van der Waals surface area contributed by atoms with Crippen molar-refractivity contribution in [3.05, 3.63) is 77.9 Å². The molecule has 0 aromatic heterocycles. The highest BCUT2D eigenvalue weighted by Crippen LogP contribution is 2.24. The summed E-state index contributed by atoms with van der Waals surface area (Å²) >= 11 is 0. The zero-order chi connectivity index (χ0) is 21.9. The van der Waals surface area contributed by atoms with E-state index in [1.54, 1.807) is 38.1 Å². The van der Waals surface area contributed by atoms with Gasteiger partial charge < -0.3 is 4.74 Å². The molecule has 30 heavy (non-hydrogen) atoms. The van der Waals surface area contributed by atoms with Crippen molar-refractivity contribution in [3.8, 4) is 5.75 Å². The lowest BCUT2D eigenvalue weighted by Crippen LogP contribution is -2.15. The Hall–Kier alpha value is -3.04. The normalized spacial score (nSPS) is 11.7. The summed E-state index contributed by atoms with van der Waals surface area (Å²) in [5, 5.41) is 0. The number of anilines is 2. The summed E-state index contributed by atoms with van der Waals surface area (Å²) in [4.78, 5) is 0.104. The third-order valence-corrected chi connectivity index (χ3v) is 7.24. The minimum atomic E-state index is -3.83. The van der Waals surface area contributed by atoms with Gasteiger partial charge in [-0.3, -0.25) is 9.44 Å². The van der Waals surface area contributed by atoms with Crippen molar-refractivity contribution in [2.24, 2.45) is 0 Å². The van der Waals surface area contributed by atoms with Crippen LogP contribution in [0.25, 0.3) is 0 Å². The number of para-hydroxylation sites is 1. The fourth-order valence-corrected chi connectivity index (χ4v) is 5.10. The van der Waals surface area contributed by atoms with Gasteiger partial charge in [-0.05, 0) is 73.5 Å². The SMILES string of the molecule is COc1ccc(S(=O)(=O)Nc2ccc(S(=O)(=O)Nc3ccccc3C)cc2)cc1C. The lowest BCUT2D eigenvalue weighted by Gasteiger charge is -2.12. The van der Waals surface area contributed by atoms with Gasteiger partial charge in [0.15, 0.2) is 0 Å². The quantitative estimate of drug-likeness (QED) is 0.573. The molecule has 0 heterocycles. The van der Waals surface area contributed by atoms with Crippen molar-refractivity contribution >= 4 is 31.4 Å². The van der Waals surface area contributed by atoms with Crippen molar-refractivity contribution in [3.63, 3.8) is 0 Å². The average molecular weight is 447 g/mol. The average Bonchev–Trinajstić information content (AvgIpc) is 2.69. The van der Waals surface area contributed by atoms with Gasteiger partial charge in [-0.25, -0.2) is 16.8 Å².